The Morgan fingerprint density at radius 3 is 2.86 bits per heavy atom. The molecule has 5 nitrogen and oxygen atoms in total. The van der Waals surface area contributed by atoms with Gasteiger partial charge in [0.1, 0.15) is 0 Å². The summed E-state index contributed by atoms with van der Waals surface area (Å²) >= 11 is 12.5. The minimum atomic E-state index is 0.0168. The van der Waals surface area contributed by atoms with Crippen LogP contribution >= 0.6 is 23.2 Å². The maximum atomic E-state index is 8.78. The Labute approximate surface area is 136 Å². The second-order valence-corrected chi connectivity index (χ2v) is 5.48. The third kappa shape index (κ3) is 2.70. The molecule has 0 atom stereocenters. The molecule has 114 valence electrons. The lowest BCUT2D eigenvalue weighted by Crippen LogP contribution is -1.99. The summed E-state index contributed by atoms with van der Waals surface area (Å²) in [5.41, 5.74) is 3.58. The van der Waals surface area contributed by atoms with Crippen molar-refractivity contribution in [1.29, 1.82) is 0 Å². The standard InChI is InChI=1S/C15H14Cl2N4O/c16-11-5-12(18-3-1-2-4-22)13-10(9-6-20-21-7-9)8-19-15(13)14(11)17/h1-2,5-8,18-19,22H,3-4H2,(H,20,21)/b2-1+. The second kappa shape index (κ2) is 6.44. The number of fused-ring (bicyclic) bond motifs is 1. The first-order valence-electron chi connectivity index (χ1n) is 6.70. The Hall–Kier alpha value is -1.95. The van der Waals surface area contributed by atoms with E-state index in [1.54, 1.807) is 18.3 Å². The van der Waals surface area contributed by atoms with E-state index in [2.05, 4.69) is 20.5 Å². The highest BCUT2D eigenvalue weighted by atomic mass is 35.5. The zero-order valence-corrected chi connectivity index (χ0v) is 13.0. The van der Waals surface area contributed by atoms with E-state index in [1.165, 1.54) is 0 Å². The molecule has 0 amide bonds. The van der Waals surface area contributed by atoms with E-state index in [0.717, 1.165) is 27.7 Å². The van der Waals surface area contributed by atoms with Gasteiger partial charge in [-0.1, -0.05) is 35.4 Å². The summed E-state index contributed by atoms with van der Waals surface area (Å²) in [6, 6.07) is 1.80. The Morgan fingerprint density at radius 1 is 1.27 bits per heavy atom. The zero-order valence-electron chi connectivity index (χ0n) is 11.5. The van der Waals surface area contributed by atoms with Crippen molar-refractivity contribution in [3.63, 3.8) is 0 Å². The summed E-state index contributed by atoms with van der Waals surface area (Å²) in [5, 5.41) is 20.8. The van der Waals surface area contributed by atoms with E-state index in [1.807, 2.05) is 18.5 Å². The second-order valence-electron chi connectivity index (χ2n) is 4.69. The third-order valence-corrected chi connectivity index (χ3v) is 4.13. The minimum Gasteiger partial charge on any atom is -0.392 e. The van der Waals surface area contributed by atoms with Crippen LogP contribution < -0.4 is 5.32 Å². The zero-order chi connectivity index (χ0) is 15.5. The van der Waals surface area contributed by atoms with Crippen LogP contribution in [-0.4, -0.2) is 33.4 Å². The van der Waals surface area contributed by atoms with E-state index >= 15 is 0 Å². The first-order chi connectivity index (χ1) is 10.7. The van der Waals surface area contributed by atoms with Crippen LogP contribution in [0.1, 0.15) is 0 Å². The highest BCUT2D eigenvalue weighted by Gasteiger charge is 2.16. The molecule has 0 bridgehead atoms. The van der Waals surface area contributed by atoms with Crippen LogP contribution in [-0.2, 0) is 0 Å². The summed E-state index contributed by atoms with van der Waals surface area (Å²) in [6.45, 7) is 0.590. The number of nitrogens with zero attached hydrogens (tertiary/aromatic N) is 1. The fourth-order valence-electron chi connectivity index (χ4n) is 2.35. The number of hydrogen-bond acceptors (Lipinski definition) is 3. The van der Waals surface area contributed by atoms with E-state index in [4.69, 9.17) is 28.3 Å². The van der Waals surface area contributed by atoms with Gasteiger partial charge in [0.2, 0.25) is 0 Å². The number of hydrogen-bond donors (Lipinski definition) is 4. The van der Waals surface area contributed by atoms with Crippen molar-refractivity contribution in [3.8, 4) is 11.1 Å². The van der Waals surface area contributed by atoms with Crippen molar-refractivity contribution in [2.24, 2.45) is 0 Å². The first kappa shape index (κ1) is 15.0. The third-order valence-electron chi connectivity index (χ3n) is 3.34. The molecule has 2 heterocycles. The molecule has 0 aliphatic heterocycles. The SMILES string of the molecule is OC/C=C/CNc1cc(Cl)c(Cl)c2[nH]cc(-c3cn[nH]c3)c12. The number of nitrogens with one attached hydrogen (secondary N) is 3. The monoisotopic (exact) mass is 336 g/mol. The number of rotatable bonds is 5. The molecule has 0 radical (unpaired) electrons. The molecule has 22 heavy (non-hydrogen) atoms. The number of benzene rings is 1. The molecule has 7 heteroatoms. The van der Waals surface area contributed by atoms with Crippen LogP contribution in [0.15, 0.2) is 36.8 Å². The van der Waals surface area contributed by atoms with Gasteiger partial charge in [0.25, 0.3) is 0 Å². The lowest BCUT2D eigenvalue weighted by molar-refractivity contribution is 0.342. The van der Waals surface area contributed by atoms with E-state index in [9.17, 15) is 0 Å². The minimum absolute atomic E-state index is 0.0168. The van der Waals surface area contributed by atoms with Gasteiger partial charge in [0.05, 0.1) is 28.4 Å². The van der Waals surface area contributed by atoms with Gasteiger partial charge in [-0.2, -0.15) is 5.10 Å². The van der Waals surface area contributed by atoms with Gasteiger partial charge in [-0.25, -0.2) is 0 Å². The highest BCUT2D eigenvalue weighted by Crippen LogP contribution is 2.40. The molecule has 0 spiro atoms. The van der Waals surface area contributed by atoms with Gasteiger partial charge < -0.3 is 15.4 Å². The maximum Gasteiger partial charge on any atom is 0.0834 e. The van der Waals surface area contributed by atoms with E-state index in [0.29, 0.717) is 16.6 Å². The van der Waals surface area contributed by atoms with E-state index in [-0.39, 0.29) is 6.61 Å². The summed E-state index contributed by atoms with van der Waals surface area (Å²) in [5.74, 6) is 0. The highest BCUT2D eigenvalue weighted by molar-refractivity contribution is 6.46. The number of H-pyrrole nitrogens is 2. The topological polar surface area (TPSA) is 76.7 Å². The molecule has 4 N–H and O–H groups in total. The van der Waals surface area contributed by atoms with Crippen molar-refractivity contribution in [2.45, 2.75) is 0 Å². The van der Waals surface area contributed by atoms with Crippen molar-refractivity contribution in [3.05, 3.63) is 46.9 Å². The molecule has 3 aromatic rings. The van der Waals surface area contributed by atoms with Crippen LogP contribution in [0, 0.1) is 0 Å². The van der Waals surface area contributed by atoms with Crippen LogP contribution in [0.25, 0.3) is 22.0 Å². The average Bonchev–Trinajstić information content (AvgIpc) is 3.16. The Kier molecular flexibility index (Phi) is 4.38. The number of aliphatic hydroxyl groups is 1. The van der Waals surface area contributed by atoms with Gasteiger partial charge in [-0.15, -0.1) is 0 Å². The number of halogens is 2. The summed E-state index contributed by atoms with van der Waals surface area (Å²) in [4.78, 5) is 3.17. The Balaban J connectivity index is 2.11. The quantitative estimate of drug-likeness (QED) is 0.535. The van der Waals surface area contributed by atoms with Crippen LogP contribution in [0.2, 0.25) is 10.0 Å². The lowest BCUT2D eigenvalue weighted by Gasteiger charge is -2.10. The summed E-state index contributed by atoms with van der Waals surface area (Å²) in [7, 11) is 0. The number of aliphatic hydroxyl groups excluding tert-OH is 1. The fourth-order valence-corrected chi connectivity index (χ4v) is 2.76. The molecular weight excluding hydrogens is 323 g/mol. The van der Waals surface area contributed by atoms with Gasteiger partial charge in [-0.05, 0) is 6.07 Å². The average molecular weight is 337 g/mol. The van der Waals surface area contributed by atoms with Gasteiger partial charge in [0, 0.05) is 41.1 Å². The van der Waals surface area contributed by atoms with Crippen molar-refractivity contribution >= 4 is 39.8 Å². The molecule has 0 fully saturated rings. The lowest BCUT2D eigenvalue weighted by atomic mass is 10.1. The number of aromatic nitrogens is 3. The maximum absolute atomic E-state index is 8.78. The van der Waals surface area contributed by atoms with Gasteiger partial charge in [-0.3, -0.25) is 5.10 Å². The molecule has 3 rings (SSSR count). The number of anilines is 1. The van der Waals surface area contributed by atoms with Crippen LogP contribution in [0.5, 0.6) is 0 Å². The molecule has 0 aliphatic rings. The molecule has 0 aliphatic carbocycles. The number of aromatic amines is 2. The van der Waals surface area contributed by atoms with Gasteiger partial charge >= 0.3 is 0 Å². The van der Waals surface area contributed by atoms with Gasteiger partial charge in [0.15, 0.2) is 0 Å². The Bertz CT molecular complexity index is 809. The predicted molar refractivity (Wildman–Crippen MR) is 90.6 cm³/mol. The van der Waals surface area contributed by atoms with Crippen molar-refractivity contribution in [2.75, 3.05) is 18.5 Å². The Morgan fingerprint density at radius 2 is 2.14 bits per heavy atom. The van der Waals surface area contributed by atoms with Crippen molar-refractivity contribution in [1.82, 2.24) is 15.2 Å². The smallest absolute Gasteiger partial charge is 0.0834 e. The normalized spacial score (nSPS) is 11.6. The molecular formula is C15H14Cl2N4O. The predicted octanol–water partition coefficient (Wildman–Crippen LogP) is 3.83. The molecule has 0 unspecified atom stereocenters. The first-order valence-corrected chi connectivity index (χ1v) is 7.46. The van der Waals surface area contributed by atoms with E-state index < -0.39 is 0 Å². The molecule has 2 aromatic heterocycles. The summed E-state index contributed by atoms with van der Waals surface area (Å²) in [6.07, 6.45) is 8.97. The molecule has 1 aromatic carbocycles. The summed E-state index contributed by atoms with van der Waals surface area (Å²) < 4.78 is 0. The van der Waals surface area contributed by atoms with Crippen molar-refractivity contribution < 1.29 is 5.11 Å². The van der Waals surface area contributed by atoms with Crippen LogP contribution in [0.3, 0.4) is 0 Å². The van der Waals surface area contributed by atoms with Crippen LogP contribution in [0.4, 0.5) is 5.69 Å². The molecule has 0 saturated carbocycles. The fraction of sp³-hybridized carbons (Fsp3) is 0.133. The largest absolute Gasteiger partial charge is 0.392 e. The molecule has 0 saturated heterocycles.